The fourth-order valence-electron chi connectivity index (χ4n) is 1.98. The number of piperidine rings is 1. The number of ether oxygens (including phenoxy) is 1. The Hall–Kier alpha value is -0.650. The first kappa shape index (κ1) is 14.4. The van der Waals surface area contributed by atoms with Gasteiger partial charge in [0.1, 0.15) is 0 Å². The van der Waals surface area contributed by atoms with Gasteiger partial charge in [-0.25, -0.2) is 0 Å². The molecule has 0 bridgehead atoms. The maximum atomic E-state index is 11.8. The van der Waals surface area contributed by atoms with E-state index in [1.807, 2.05) is 23.9 Å². The van der Waals surface area contributed by atoms with Crippen molar-refractivity contribution >= 4 is 5.91 Å². The van der Waals surface area contributed by atoms with Crippen LogP contribution in [0.4, 0.5) is 0 Å². The normalized spacial score (nSPS) is 17.8. The van der Waals surface area contributed by atoms with Gasteiger partial charge in [0.25, 0.3) is 0 Å². The lowest BCUT2D eigenvalue weighted by molar-refractivity contribution is -0.134. The van der Waals surface area contributed by atoms with Crippen molar-refractivity contribution in [2.45, 2.75) is 25.4 Å². The predicted octanol–water partition coefficient (Wildman–Crippen LogP) is -0.0956. The van der Waals surface area contributed by atoms with Crippen LogP contribution in [0.3, 0.4) is 0 Å². The molecule has 0 saturated carbocycles. The Morgan fingerprint density at radius 2 is 2.06 bits per heavy atom. The van der Waals surface area contributed by atoms with Crippen LogP contribution in [0, 0.1) is 0 Å². The molecule has 5 heteroatoms. The van der Waals surface area contributed by atoms with Crippen molar-refractivity contribution in [2.75, 3.05) is 46.9 Å². The summed E-state index contributed by atoms with van der Waals surface area (Å²) in [5, 5.41) is 0. The van der Waals surface area contributed by atoms with E-state index in [2.05, 4.69) is 0 Å². The number of hydrogen-bond acceptors (Lipinski definition) is 4. The molecule has 2 N–H and O–H groups in total. The van der Waals surface area contributed by atoms with Gasteiger partial charge in [-0.05, 0) is 39.9 Å². The van der Waals surface area contributed by atoms with Gasteiger partial charge < -0.3 is 20.3 Å². The summed E-state index contributed by atoms with van der Waals surface area (Å²) in [6.45, 7) is 3.56. The fourth-order valence-corrected chi connectivity index (χ4v) is 1.98. The standard InChI is InChI=1S/C12H25N3O2/c1-14(2)10-12(16)15-7-4-11(5-8-15)17-9-3-6-13/h11H,3-10,13H2,1-2H3. The first-order valence-electron chi connectivity index (χ1n) is 6.37. The summed E-state index contributed by atoms with van der Waals surface area (Å²) in [4.78, 5) is 15.6. The van der Waals surface area contributed by atoms with E-state index in [4.69, 9.17) is 10.5 Å². The zero-order valence-electron chi connectivity index (χ0n) is 11.0. The van der Waals surface area contributed by atoms with E-state index in [0.717, 1.165) is 39.0 Å². The largest absolute Gasteiger partial charge is 0.378 e. The summed E-state index contributed by atoms with van der Waals surface area (Å²) in [5.41, 5.74) is 5.41. The number of nitrogens with two attached hydrogens (primary N) is 1. The highest BCUT2D eigenvalue weighted by Crippen LogP contribution is 2.14. The quantitative estimate of drug-likeness (QED) is 0.662. The minimum Gasteiger partial charge on any atom is -0.378 e. The molecular weight excluding hydrogens is 218 g/mol. The van der Waals surface area contributed by atoms with Gasteiger partial charge >= 0.3 is 0 Å². The Bertz CT molecular complexity index is 226. The van der Waals surface area contributed by atoms with Crippen molar-refractivity contribution in [2.24, 2.45) is 5.73 Å². The second-order valence-corrected chi connectivity index (χ2v) is 4.83. The number of hydrogen-bond donors (Lipinski definition) is 1. The van der Waals surface area contributed by atoms with Crippen LogP contribution in [-0.2, 0) is 9.53 Å². The van der Waals surface area contributed by atoms with E-state index in [9.17, 15) is 4.79 Å². The molecular formula is C12H25N3O2. The lowest BCUT2D eigenvalue weighted by atomic mass is 10.1. The molecule has 0 aromatic heterocycles. The number of carbonyl (C=O) groups is 1. The van der Waals surface area contributed by atoms with Crippen molar-refractivity contribution in [3.8, 4) is 0 Å². The van der Waals surface area contributed by atoms with E-state index in [1.165, 1.54) is 0 Å². The molecule has 0 radical (unpaired) electrons. The Labute approximate surface area is 104 Å². The molecule has 1 amide bonds. The number of carbonyl (C=O) groups excluding carboxylic acids is 1. The van der Waals surface area contributed by atoms with Crippen LogP contribution in [0.2, 0.25) is 0 Å². The predicted molar refractivity (Wildman–Crippen MR) is 67.8 cm³/mol. The van der Waals surface area contributed by atoms with Crippen molar-refractivity contribution in [1.29, 1.82) is 0 Å². The third kappa shape index (κ3) is 5.48. The van der Waals surface area contributed by atoms with E-state index < -0.39 is 0 Å². The molecule has 1 aliphatic heterocycles. The first-order valence-corrected chi connectivity index (χ1v) is 6.37. The summed E-state index contributed by atoms with van der Waals surface area (Å²) in [5.74, 6) is 0.218. The molecule has 100 valence electrons. The van der Waals surface area contributed by atoms with Crippen molar-refractivity contribution < 1.29 is 9.53 Å². The Balaban J connectivity index is 2.18. The molecule has 0 aromatic rings. The Morgan fingerprint density at radius 1 is 1.41 bits per heavy atom. The second-order valence-electron chi connectivity index (χ2n) is 4.83. The van der Waals surface area contributed by atoms with Crippen LogP contribution in [0.1, 0.15) is 19.3 Å². The fraction of sp³-hybridized carbons (Fsp3) is 0.917. The van der Waals surface area contributed by atoms with E-state index >= 15 is 0 Å². The van der Waals surface area contributed by atoms with Crippen molar-refractivity contribution in [3.05, 3.63) is 0 Å². The van der Waals surface area contributed by atoms with Crippen LogP contribution in [-0.4, -0.2) is 68.7 Å². The van der Waals surface area contributed by atoms with Gasteiger partial charge in [-0.3, -0.25) is 4.79 Å². The van der Waals surface area contributed by atoms with Crippen LogP contribution in [0.5, 0.6) is 0 Å². The topological polar surface area (TPSA) is 58.8 Å². The molecule has 0 atom stereocenters. The summed E-state index contributed by atoms with van der Waals surface area (Å²) >= 11 is 0. The number of nitrogens with zero attached hydrogens (tertiary/aromatic N) is 2. The summed E-state index contributed by atoms with van der Waals surface area (Å²) in [6, 6.07) is 0. The van der Waals surface area contributed by atoms with Crippen molar-refractivity contribution in [3.63, 3.8) is 0 Å². The Morgan fingerprint density at radius 3 is 2.59 bits per heavy atom. The van der Waals surface area contributed by atoms with Gasteiger partial charge in [0.2, 0.25) is 5.91 Å². The van der Waals surface area contributed by atoms with E-state index in [-0.39, 0.29) is 5.91 Å². The van der Waals surface area contributed by atoms with Crippen molar-refractivity contribution in [1.82, 2.24) is 9.80 Å². The highest BCUT2D eigenvalue weighted by atomic mass is 16.5. The summed E-state index contributed by atoms with van der Waals surface area (Å²) in [7, 11) is 3.83. The molecule has 1 rings (SSSR count). The smallest absolute Gasteiger partial charge is 0.236 e. The number of amides is 1. The van der Waals surface area contributed by atoms with Crippen LogP contribution in [0.15, 0.2) is 0 Å². The molecule has 1 fully saturated rings. The summed E-state index contributed by atoms with van der Waals surface area (Å²) < 4.78 is 5.70. The van der Waals surface area contributed by atoms with Gasteiger partial charge in [-0.2, -0.15) is 0 Å². The molecule has 1 saturated heterocycles. The molecule has 0 aliphatic carbocycles. The third-order valence-corrected chi connectivity index (χ3v) is 2.95. The molecule has 5 nitrogen and oxygen atoms in total. The summed E-state index contributed by atoms with van der Waals surface area (Å²) in [6.07, 6.45) is 3.12. The Kier molecular flexibility index (Phi) is 6.47. The van der Waals surface area contributed by atoms with Gasteiger partial charge in [-0.15, -0.1) is 0 Å². The molecule has 0 spiro atoms. The molecule has 1 heterocycles. The number of likely N-dealkylation sites (N-methyl/N-ethyl adjacent to an activating group) is 1. The third-order valence-electron chi connectivity index (χ3n) is 2.95. The van der Waals surface area contributed by atoms with E-state index in [0.29, 0.717) is 19.2 Å². The van der Waals surface area contributed by atoms with Gasteiger partial charge in [0, 0.05) is 19.7 Å². The molecule has 1 aliphatic rings. The number of rotatable bonds is 6. The van der Waals surface area contributed by atoms with Gasteiger partial charge in [-0.1, -0.05) is 0 Å². The lowest BCUT2D eigenvalue weighted by Gasteiger charge is -2.32. The SMILES string of the molecule is CN(C)CC(=O)N1CCC(OCCCN)CC1. The maximum Gasteiger partial charge on any atom is 0.236 e. The molecule has 0 unspecified atom stereocenters. The average Bonchev–Trinajstić information content (AvgIpc) is 2.29. The minimum absolute atomic E-state index is 0.218. The highest BCUT2D eigenvalue weighted by molar-refractivity contribution is 5.78. The monoisotopic (exact) mass is 243 g/mol. The minimum atomic E-state index is 0.218. The zero-order valence-corrected chi connectivity index (χ0v) is 11.0. The van der Waals surface area contributed by atoms with E-state index in [1.54, 1.807) is 0 Å². The van der Waals surface area contributed by atoms with Crippen LogP contribution >= 0.6 is 0 Å². The first-order chi connectivity index (χ1) is 8.13. The molecule has 0 aromatic carbocycles. The second kappa shape index (κ2) is 7.63. The van der Waals surface area contributed by atoms with Gasteiger partial charge in [0.05, 0.1) is 12.6 Å². The number of likely N-dealkylation sites (tertiary alicyclic amines) is 1. The van der Waals surface area contributed by atoms with Gasteiger partial charge in [0.15, 0.2) is 0 Å². The molecule has 17 heavy (non-hydrogen) atoms. The maximum absolute atomic E-state index is 11.8. The highest BCUT2D eigenvalue weighted by Gasteiger charge is 2.22. The van der Waals surface area contributed by atoms with Crippen LogP contribution < -0.4 is 5.73 Å². The zero-order chi connectivity index (χ0) is 12.7. The van der Waals surface area contributed by atoms with Crippen LogP contribution in [0.25, 0.3) is 0 Å². The average molecular weight is 243 g/mol. The lowest BCUT2D eigenvalue weighted by Crippen LogP contribution is -2.44.